The summed E-state index contributed by atoms with van der Waals surface area (Å²) in [6.45, 7) is 0.279. The van der Waals surface area contributed by atoms with Crippen LogP contribution in [-0.2, 0) is 11.2 Å². The summed E-state index contributed by atoms with van der Waals surface area (Å²) in [5.74, 6) is -0.0365. The number of H-pyrrole nitrogens is 1. The summed E-state index contributed by atoms with van der Waals surface area (Å²) in [5, 5.41) is 5.67. The zero-order chi connectivity index (χ0) is 22.2. The van der Waals surface area contributed by atoms with Gasteiger partial charge in [-0.2, -0.15) is 0 Å². The molecule has 3 N–H and O–H groups in total. The van der Waals surface area contributed by atoms with Crippen LogP contribution < -0.4 is 15.5 Å². The quantitative estimate of drug-likeness (QED) is 0.459. The van der Waals surface area contributed by atoms with Crippen LogP contribution >= 0.6 is 0 Å². The van der Waals surface area contributed by atoms with Gasteiger partial charge in [-0.15, -0.1) is 0 Å². The van der Waals surface area contributed by atoms with E-state index in [9.17, 15) is 14.0 Å². The molecule has 0 aliphatic carbocycles. The first-order chi connectivity index (χ1) is 15.5. The first kappa shape index (κ1) is 19.7. The largest absolute Gasteiger partial charge is 0.364 e. The maximum Gasteiger partial charge on any atom is 0.255 e. The molecule has 2 amide bonds. The van der Waals surface area contributed by atoms with Crippen LogP contribution in [0.5, 0.6) is 0 Å². The summed E-state index contributed by atoms with van der Waals surface area (Å²) >= 11 is 0. The monoisotopic (exact) mass is 429 g/mol. The molecule has 0 fully saturated rings. The molecule has 0 radical (unpaired) electrons. The first-order valence-corrected chi connectivity index (χ1v) is 10.1. The molecule has 1 aromatic heterocycles. The average molecular weight is 429 g/mol. The van der Waals surface area contributed by atoms with Gasteiger partial charge in [0, 0.05) is 24.7 Å². The summed E-state index contributed by atoms with van der Waals surface area (Å²) in [6, 6.07) is 17.2. The Balaban J connectivity index is 1.35. The van der Waals surface area contributed by atoms with E-state index in [1.165, 1.54) is 6.07 Å². The topological polar surface area (TPSA) is 90.1 Å². The molecule has 3 aromatic carbocycles. The SMILES string of the molecule is CN1CC(=O)Nc2cc(C(=O)Nc3ccc4nc(Cc5ccccc5F)[nH]c4c3)ccc21. The summed E-state index contributed by atoms with van der Waals surface area (Å²) in [5.41, 5.74) is 4.54. The number of carbonyl (C=O) groups excluding carboxylic acids is 2. The molecule has 8 heteroatoms. The van der Waals surface area contributed by atoms with Gasteiger partial charge < -0.3 is 20.5 Å². The summed E-state index contributed by atoms with van der Waals surface area (Å²) in [4.78, 5) is 34.1. The highest BCUT2D eigenvalue weighted by Crippen LogP contribution is 2.29. The second kappa shape index (κ2) is 7.81. The van der Waals surface area contributed by atoms with E-state index in [1.54, 1.807) is 48.5 Å². The number of aromatic nitrogens is 2. The van der Waals surface area contributed by atoms with Gasteiger partial charge in [-0.25, -0.2) is 9.37 Å². The van der Waals surface area contributed by atoms with Crippen molar-refractivity contribution in [2.75, 3.05) is 29.1 Å². The third kappa shape index (κ3) is 3.78. The van der Waals surface area contributed by atoms with Gasteiger partial charge >= 0.3 is 0 Å². The van der Waals surface area contributed by atoms with Crippen molar-refractivity contribution >= 4 is 39.9 Å². The Hall–Kier alpha value is -4.20. The Morgan fingerprint density at radius 2 is 2.00 bits per heavy atom. The lowest BCUT2D eigenvalue weighted by molar-refractivity contribution is -0.115. The standard InChI is InChI=1S/C24H20FN5O2/c1-30-13-23(31)29-20-10-15(6-9-21(20)30)24(32)26-16-7-8-18-19(12-16)28-22(27-18)11-14-4-2-3-5-17(14)25/h2-10,12H,11,13H2,1H3,(H,26,32)(H,27,28)(H,29,31). The summed E-state index contributed by atoms with van der Waals surface area (Å²) < 4.78 is 13.9. The minimum Gasteiger partial charge on any atom is -0.364 e. The zero-order valence-corrected chi connectivity index (χ0v) is 17.3. The second-order valence-corrected chi connectivity index (χ2v) is 7.77. The highest BCUT2D eigenvalue weighted by Gasteiger charge is 2.20. The number of imidazole rings is 1. The molecular formula is C24H20FN5O2. The number of hydrogen-bond acceptors (Lipinski definition) is 4. The molecule has 0 saturated carbocycles. The van der Waals surface area contributed by atoms with E-state index in [2.05, 4.69) is 20.6 Å². The van der Waals surface area contributed by atoms with E-state index in [0.29, 0.717) is 34.7 Å². The van der Waals surface area contributed by atoms with Crippen molar-refractivity contribution in [2.45, 2.75) is 6.42 Å². The molecule has 0 atom stereocenters. The van der Waals surface area contributed by atoms with E-state index in [1.807, 2.05) is 18.0 Å². The van der Waals surface area contributed by atoms with Crippen LogP contribution in [0.25, 0.3) is 11.0 Å². The Morgan fingerprint density at radius 3 is 2.84 bits per heavy atom. The number of fused-ring (bicyclic) bond motifs is 2. The molecule has 4 aromatic rings. The average Bonchev–Trinajstić information content (AvgIpc) is 3.16. The molecule has 0 spiro atoms. The highest BCUT2D eigenvalue weighted by atomic mass is 19.1. The Labute approximate surface area is 183 Å². The van der Waals surface area contributed by atoms with E-state index in [-0.39, 0.29) is 24.2 Å². The molecule has 160 valence electrons. The number of anilines is 3. The fourth-order valence-corrected chi connectivity index (χ4v) is 3.85. The van der Waals surface area contributed by atoms with Crippen molar-refractivity contribution in [3.8, 4) is 0 Å². The van der Waals surface area contributed by atoms with Crippen LogP contribution in [0.1, 0.15) is 21.7 Å². The molecule has 32 heavy (non-hydrogen) atoms. The number of aromatic amines is 1. The zero-order valence-electron chi connectivity index (χ0n) is 17.3. The lowest BCUT2D eigenvalue weighted by Gasteiger charge is -2.27. The maximum absolute atomic E-state index is 13.9. The molecule has 5 rings (SSSR count). The predicted molar refractivity (Wildman–Crippen MR) is 122 cm³/mol. The third-order valence-corrected chi connectivity index (χ3v) is 5.43. The first-order valence-electron chi connectivity index (χ1n) is 10.1. The number of nitrogens with one attached hydrogen (secondary N) is 3. The van der Waals surface area contributed by atoms with E-state index < -0.39 is 0 Å². The van der Waals surface area contributed by atoms with Crippen molar-refractivity contribution in [1.29, 1.82) is 0 Å². The van der Waals surface area contributed by atoms with Gasteiger partial charge in [0.05, 0.1) is 29.0 Å². The Bertz CT molecular complexity index is 1360. The smallest absolute Gasteiger partial charge is 0.255 e. The van der Waals surface area contributed by atoms with Crippen molar-refractivity contribution in [2.24, 2.45) is 0 Å². The minimum absolute atomic E-state index is 0.117. The fourth-order valence-electron chi connectivity index (χ4n) is 3.85. The number of benzene rings is 3. The molecule has 0 bridgehead atoms. The molecule has 0 saturated heterocycles. The van der Waals surface area contributed by atoms with Gasteiger partial charge in [0.1, 0.15) is 11.6 Å². The molecule has 1 aliphatic rings. The predicted octanol–water partition coefficient (Wildman–Crippen LogP) is 3.93. The highest BCUT2D eigenvalue weighted by molar-refractivity contribution is 6.08. The van der Waals surface area contributed by atoms with Crippen LogP contribution in [0, 0.1) is 5.82 Å². The van der Waals surface area contributed by atoms with Crippen molar-refractivity contribution < 1.29 is 14.0 Å². The maximum atomic E-state index is 13.9. The lowest BCUT2D eigenvalue weighted by atomic mass is 10.1. The second-order valence-electron chi connectivity index (χ2n) is 7.77. The van der Waals surface area contributed by atoms with Gasteiger partial charge in [0.15, 0.2) is 0 Å². The summed E-state index contributed by atoms with van der Waals surface area (Å²) in [6.07, 6.45) is 0.346. The number of nitrogens with zero attached hydrogens (tertiary/aromatic N) is 2. The Kier molecular flexibility index (Phi) is 4.82. The van der Waals surface area contributed by atoms with Gasteiger partial charge in [0.2, 0.25) is 5.91 Å². The number of halogens is 1. The van der Waals surface area contributed by atoms with Crippen molar-refractivity contribution in [1.82, 2.24) is 9.97 Å². The number of rotatable bonds is 4. The fraction of sp³-hybridized carbons (Fsp3) is 0.125. The van der Waals surface area contributed by atoms with Crippen LogP contribution in [0.3, 0.4) is 0 Å². The molecule has 0 unspecified atom stereocenters. The molecular weight excluding hydrogens is 409 g/mol. The molecule has 1 aliphatic heterocycles. The summed E-state index contributed by atoms with van der Waals surface area (Å²) in [7, 11) is 1.83. The number of amides is 2. The number of likely N-dealkylation sites (N-methyl/N-ethyl adjacent to an activating group) is 1. The van der Waals surface area contributed by atoms with Gasteiger partial charge in [-0.1, -0.05) is 18.2 Å². The van der Waals surface area contributed by atoms with Gasteiger partial charge in [-0.3, -0.25) is 9.59 Å². The van der Waals surface area contributed by atoms with E-state index >= 15 is 0 Å². The van der Waals surface area contributed by atoms with Crippen LogP contribution in [0.15, 0.2) is 60.7 Å². The van der Waals surface area contributed by atoms with Crippen LogP contribution in [-0.4, -0.2) is 35.4 Å². The van der Waals surface area contributed by atoms with Gasteiger partial charge in [0.25, 0.3) is 5.91 Å². The van der Waals surface area contributed by atoms with Crippen LogP contribution in [0.4, 0.5) is 21.5 Å². The van der Waals surface area contributed by atoms with E-state index in [4.69, 9.17) is 0 Å². The van der Waals surface area contributed by atoms with Crippen LogP contribution in [0.2, 0.25) is 0 Å². The molecule has 2 heterocycles. The Morgan fingerprint density at radius 1 is 1.16 bits per heavy atom. The van der Waals surface area contributed by atoms with Crippen molar-refractivity contribution in [3.05, 3.63) is 83.4 Å². The lowest BCUT2D eigenvalue weighted by Crippen LogP contribution is -2.35. The number of hydrogen-bond donors (Lipinski definition) is 3. The normalized spacial score (nSPS) is 13.1. The van der Waals surface area contributed by atoms with E-state index in [0.717, 1.165) is 16.7 Å². The molecule has 7 nitrogen and oxygen atoms in total. The third-order valence-electron chi connectivity index (χ3n) is 5.43. The van der Waals surface area contributed by atoms with Crippen molar-refractivity contribution in [3.63, 3.8) is 0 Å². The number of carbonyl (C=O) groups is 2. The minimum atomic E-state index is -0.291. The van der Waals surface area contributed by atoms with Gasteiger partial charge in [-0.05, 0) is 48.0 Å².